The van der Waals surface area contributed by atoms with E-state index in [0.717, 1.165) is 37.8 Å². The van der Waals surface area contributed by atoms with E-state index in [0.29, 0.717) is 54.5 Å². The van der Waals surface area contributed by atoms with Crippen molar-refractivity contribution in [1.82, 2.24) is 15.2 Å². The average molecular weight is 569 g/mol. The fourth-order valence-electron chi connectivity index (χ4n) is 5.25. The van der Waals surface area contributed by atoms with Crippen molar-refractivity contribution in [3.05, 3.63) is 53.9 Å². The molecule has 2 heterocycles. The molecule has 2 fully saturated rings. The Bertz CT molecular complexity index is 1410. The number of hydrogen-bond donors (Lipinski definition) is 1. The molecule has 0 bridgehead atoms. The maximum atomic E-state index is 13.0. The van der Waals surface area contributed by atoms with Gasteiger partial charge in [0.05, 0.1) is 18.4 Å². The van der Waals surface area contributed by atoms with Crippen LogP contribution in [-0.2, 0) is 26.7 Å². The Morgan fingerprint density at radius 3 is 2.45 bits per heavy atom. The number of ether oxygens (including phenoxy) is 1. The zero-order valence-electron chi connectivity index (χ0n) is 23.8. The predicted octanol–water partition coefficient (Wildman–Crippen LogP) is 3.98. The standard InChI is InChI=1S/C29H40N6O4S/c1-20-15-23(20)19-34(13-14-38-3)25-16-22(17-26(31-25)35(40(4,36)37)24-11-8-12-24)27-32-33-28(39-27)29(2,30)18-21-9-6-5-7-10-21/h5-7,9-10,16-17,20,23-24H,8,11-15,18-19,30H2,1-4H3/t20?,23?,29-/m1/s1. The van der Waals surface area contributed by atoms with Crippen molar-refractivity contribution in [1.29, 1.82) is 0 Å². The molecule has 3 atom stereocenters. The number of nitrogens with two attached hydrogens (primary N) is 1. The molecule has 0 amide bonds. The minimum absolute atomic E-state index is 0.113. The highest BCUT2D eigenvalue weighted by molar-refractivity contribution is 7.92. The van der Waals surface area contributed by atoms with Gasteiger partial charge in [0, 0.05) is 31.8 Å². The Kier molecular flexibility index (Phi) is 8.17. The summed E-state index contributed by atoms with van der Waals surface area (Å²) in [5, 5.41) is 8.66. The van der Waals surface area contributed by atoms with Crippen LogP contribution >= 0.6 is 0 Å². The Balaban J connectivity index is 1.54. The molecule has 11 heteroatoms. The largest absolute Gasteiger partial charge is 0.419 e. The lowest BCUT2D eigenvalue weighted by Gasteiger charge is -2.37. The van der Waals surface area contributed by atoms with Crippen molar-refractivity contribution in [3.63, 3.8) is 0 Å². The number of aromatic nitrogens is 3. The van der Waals surface area contributed by atoms with Crippen LogP contribution in [-0.4, -0.2) is 62.7 Å². The van der Waals surface area contributed by atoms with Gasteiger partial charge in [-0.25, -0.2) is 13.4 Å². The lowest BCUT2D eigenvalue weighted by molar-refractivity contribution is 0.204. The van der Waals surface area contributed by atoms with Crippen molar-refractivity contribution in [2.75, 3.05) is 42.3 Å². The summed E-state index contributed by atoms with van der Waals surface area (Å²) in [5.41, 5.74) is 7.43. The normalized spacial score (nSPS) is 20.5. The van der Waals surface area contributed by atoms with E-state index in [4.69, 9.17) is 19.9 Å². The second-order valence-corrected chi connectivity index (χ2v) is 13.5. The molecule has 2 N–H and O–H groups in total. The Morgan fingerprint density at radius 2 is 1.85 bits per heavy atom. The first-order valence-electron chi connectivity index (χ1n) is 14.0. The molecule has 2 aliphatic carbocycles. The van der Waals surface area contributed by atoms with Gasteiger partial charge in [0.25, 0.3) is 0 Å². The first-order chi connectivity index (χ1) is 19.0. The summed E-state index contributed by atoms with van der Waals surface area (Å²) in [6, 6.07) is 13.5. The highest BCUT2D eigenvalue weighted by Crippen LogP contribution is 2.40. The van der Waals surface area contributed by atoms with Crippen molar-refractivity contribution in [3.8, 4) is 11.5 Å². The molecule has 40 heavy (non-hydrogen) atoms. The minimum Gasteiger partial charge on any atom is -0.419 e. The number of pyridine rings is 1. The molecule has 0 saturated heterocycles. The summed E-state index contributed by atoms with van der Waals surface area (Å²) in [6.45, 7) is 6.08. The Labute approximate surface area is 237 Å². The monoisotopic (exact) mass is 568 g/mol. The van der Waals surface area contributed by atoms with E-state index in [1.165, 1.54) is 10.6 Å². The van der Waals surface area contributed by atoms with Gasteiger partial charge in [0.15, 0.2) is 0 Å². The third-order valence-electron chi connectivity index (χ3n) is 7.98. The van der Waals surface area contributed by atoms with Crippen LogP contribution in [0, 0.1) is 11.8 Å². The second-order valence-electron chi connectivity index (χ2n) is 11.6. The molecule has 2 aromatic heterocycles. The lowest BCUT2D eigenvalue weighted by atomic mass is 9.93. The van der Waals surface area contributed by atoms with E-state index in [2.05, 4.69) is 22.0 Å². The van der Waals surface area contributed by atoms with Gasteiger partial charge in [0.2, 0.25) is 21.8 Å². The smallest absolute Gasteiger partial charge is 0.248 e. The van der Waals surface area contributed by atoms with Crippen molar-refractivity contribution >= 4 is 21.7 Å². The minimum atomic E-state index is -3.57. The molecule has 2 saturated carbocycles. The summed E-state index contributed by atoms with van der Waals surface area (Å²) in [7, 11) is -1.89. The molecule has 0 radical (unpaired) electrons. The van der Waals surface area contributed by atoms with Gasteiger partial charge >= 0.3 is 0 Å². The lowest BCUT2D eigenvalue weighted by Crippen LogP contribution is -2.44. The number of benzene rings is 1. The topological polar surface area (TPSA) is 128 Å². The molecule has 216 valence electrons. The fourth-order valence-corrected chi connectivity index (χ4v) is 6.44. The SMILES string of the molecule is COCCN(CC1CC1C)c1cc(-c2nnc([C@](C)(N)Cc3ccccc3)o2)cc(N(C2CCC2)S(C)(=O)=O)n1. The van der Waals surface area contributed by atoms with Crippen LogP contribution in [0.15, 0.2) is 46.9 Å². The number of methoxy groups -OCH3 is 1. The van der Waals surface area contributed by atoms with Crippen LogP contribution in [0.25, 0.3) is 11.5 Å². The van der Waals surface area contributed by atoms with Gasteiger partial charge < -0.3 is 19.8 Å². The average Bonchev–Trinajstić information content (AvgIpc) is 3.34. The predicted molar refractivity (Wildman–Crippen MR) is 156 cm³/mol. The second kappa shape index (κ2) is 11.5. The van der Waals surface area contributed by atoms with Crippen LogP contribution in [0.5, 0.6) is 0 Å². The number of sulfonamides is 1. The van der Waals surface area contributed by atoms with E-state index in [9.17, 15) is 8.42 Å². The van der Waals surface area contributed by atoms with Gasteiger partial charge in [-0.3, -0.25) is 4.31 Å². The van der Waals surface area contributed by atoms with Crippen LogP contribution in [0.2, 0.25) is 0 Å². The maximum absolute atomic E-state index is 13.0. The fraction of sp³-hybridized carbons (Fsp3) is 0.552. The summed E-state index contributed by atoms with van der Waals surface area (Å²) in [6.07, 6.45) is 5.52. The third kappa shape index (κ3) is 6.47. The Hall–Kier alpha value is -3.02. The Morgan fingerprint density at radius 1 is 1.15 bits per heavy atom. The van der Waals surface area contributed by atoms with E-state index >= 15 is 0 Å². The molecular weight excluding hydrogens is 528 g/mol. The quantitative estimate of drug-likeness (QED) is 0.326. The molecule has 0 aliphatic heterocycles. The van der Waals surface area contributed by atoms with Crippen LogP contribution in [0.1, 0.15) is 51.0 Å². The summed E-state index contributed by atoms with van der Waals surface area (Å²) in [5.74, 6) is 2.84. The number of anilines is 2. The molecule has 2 aliphatic rings. The highest BCUT2D eigenvalue weighted by atomic mass is 32.2. The van der Waals surface area contributed by atoms with Gasteiger partial charge in [0.1, 0.15) is 11.6 Å². The molecular formula is C29H40N6O4S. The molecule has 5 rings (SSSR count). The first-order valence-corrected chi connectivity index (χ1v) is 15.8. The molecule has 10 nitrogen and oxygen atoms in total. The van der Waals surface area contributed by atoms with E-state index in [-0.39, 0.29) is 11.9 Å². The van der Waals surface area contributed by atoms with E-state index < -0.39 is 15.6 Å². The molecule has 1 aromatic carbocycles. The van der Waals surface area contributed by atoms with Crippen LogP contribution in [0.3, 0.4) is 0 Å². The zero-order chi connectivity index (χ0) is 28.5. The number of hydrogen-bond acceptors (Lipinski definition) is 9. The zero-order valence-corrected chi connectivity index (χ0v) is 24.6. The van der Waals surface area contributed by atoms with Gasteiger partial charge in [-0.1, -0.05) is 37.3 Å². The van der Waals surface area contributed by atoms with E-state index in [1.54, 1.807) is 13.2 Å². The molecule has 2 unspecified atom stereocenters. The number of rotatable bonds is 13. The highest BCUT2D eigenvalue weighted by Gasteiger charge is 2.36. The van der Waals surface area contributed by atoms with Crippen molar-refractivity contribution in [2.45, 2.75) is 57.5 Å². The van der Waals surface area contributed by atoms with Gasteiger partial charge in [-0.15, -0.1) is 10.2 Å². The van der Waals surface area contributed by atoms with Gasteiger partial charge in [-0.05, 0) is 68.6 Å². The molecule has 3 aromatic rings. The number of nitrogens with zero attached hydrogens (tertiary/aromatic N) is 5. The summed E-state index contributed by atoms with van der Waals surface area (Å²) in [4.78, 5) is 7.07. The van der Waals surface area contributed by atoms with E-state index in [1.807, 2.05) is 43.3 Å². The van der Waals surface area contributed by atoms with Crippen molar-refractivity contribution < 1.29 is 17.6 Å². The van der Waals surface area contributed by atoms with Crippen LogP contribution in [0.4, 0.5) is 11.6 Å². The maximum Gasteiger partial charge on any atom is 0.248 e. The first kappa shape index (κ1) is 28.5. The van der Waals surface area contributed by atoms with Crippen LogP contribution < -0.4 is 14.9 Å². The summed E-state index contributed by atoms with van der Waals surface area (Å²) >= 11 is 0. The third-order valence-corrected chi connectivity index (χ3v) is 9.18. The summed E-state index contributed by atoms with van der Waals surface area (Å²) < 4.78 is 39.0. The van der Waals surface area contributed by atoms with Crippen molar-refractivity contribution in [2.24, 2.45) is 17.6 Å². The molecule has 0 spiro atoms. The van der Waals surface area contributed by atoms with Gasteiger partial charge in [-0.2, -0.15) is 0 Å².